The van der Waals surface area contributed by atoms with Crippen molar-refractivity contribution in [1.82, 2.24) is 9.13 Å². The van der Waals surface area contributed by atoms with E-state index in [1.807, 2.05) is 6.07 Å². The number of nitriles is 1. The van der Waals surface area contributed by atoms with E-state index in [0.717, 1.165) is 116 Å². The Morgan fingerprint density at radius 3 is 1.03 bits per heavy atom. The lowest BCUT2D eigenvalue weighted by Gasteiger charge is -2.21. The number of benzene rings is 10. The van der Waals surface area contributed by atoms with E-state index in [1.165, 1.54) is 34.4 Å². The van der Waals surface area contributed by atoms with Gasteiger partial charge in [-0.25, -0.2) is 4.85 Å². The van der Waals surface area contributed by atoms with Crippen LogP contribution >= 0.6 is 0 Å². The Morgan fingerprint density at radius 1 is 0.385 bits per heavy atom. The predicted molar refractivity (Wildman–Crippen MR) is 316 cm³/mol. The molecule has 0 aliphatic heterocycles. The lowest BCUT2D eigenvalue weighted by molar-refractivity contribution is -0.137. The van der Waals surface area contributed by atoms with Gasteiger partial charge in [0.2, 0.25) is 0 Å². The molecule has 0 N–H and O–H groups in total. The number of alkyl halides is 3. The summed E-state index contributed by atoms with van der Waals surface area (Å²) in [6, 6.07) is 61.0. The van der Waals surface area contributed by atoms with E-state index in [2.05, 4.69) is 215 Å². The molecule has 78 heavy (non-hydrogen) atoms. The summed E-state index contributed by atoms with van der Waals surface area (Å²) in [7, 11) is 0. The highest BCUT2D eigenvalue weighted by Gasteiger charge is 2.35. The summed E-state index contributed by atoms with van der Waals surface area (Å²) in [4.78, 5) is 4.05. The largest absolute Gasteiger partial charge is 0.417 e. The minimum atomic E-state index is -4.84. The third kappa shape index (κ3) is 8.31. The Balaban J connectivity index is 1.23. The predicted octanol–water partition coefficient (Wildman–Crippen LogP) is 20.1. The number of hydrogen-bond donors (Lipinski definition) is 0. The summed E-state index contributed by atoms with van der Waals surface area (Å²) in [6.07, 6.45) is -4.84. The monoisotopic (exact) mass is 1020 g/mol. The minimum Gasteiger partial charge on any atom is -0.308 e. The van der Waals surface area contributed by atoms with Gasteiger partial charge in [0.1, 0.15) is 0 Å². The molecular formula is C71H53F3N4. The van der Waals surface area contributed by atoms with E-state index < -0.39 is 11.7 Å². The normalized spacial score (nSPS) is 11.8. The lowest BCUT2D eigenvalue weighted by Crippen LogP contribution is -2.09. The first-order chi connectivity index (χ1) is 37.5. The molecule has 0 unspecified atom stereocenters. The molecule has 0 aliphatic carbocycles. The third-order valence-corrected chi connectivity index (χ3v) is 15.7. The summed E-state index contributed by atoms with van der Waals surface area (Å²) >= 11 is 0. The highest BCUT2D eigenvalue weighted by atomic mass is 19.4. The maximum Gasteiger partial charge on any atom is 0.417 e. The van der Waals surface area contributed by atoms with Crippen molar-refractivity contribution in [3.8, 4) is 73.1 Å². The van der Waals surface area contributed by atoms with Crippen molar-refractivity contribution in [3.63, 3.8) is 0 Å². The Morgan fingerprint density at radius 2 is 0.718 bits per heavy atom. The first kappa shape index (κ1) is 49.4. The van der Waals surface area contributed by atoms with Gasteiger partial charge in [-0.2, -0.15) is 18.4 Å². The molecule has 4 nitrogen and oxygen atoms in total. The van der Waals surface area contributed by atoms with Crippen LogP contribution in [0.5, 0.6) is 0 Å². The molecule has 0 atom stereocenters. The summed E-state index contributed by atoms with van der Waals surface area (Å²) in [5.74, 6) is 0. The van der Waals surface area contributed by atoms with Crippen molar-refractivity contribution in [1.29, 1.82) is 5.26 Å². The van der Waals surface area contributed by atoms with Gasteiger partial charge in [-0.15, -0.1) is 0 Å². The van der Waals surface area contributed by atoms with Gasteiger partial charge in [0.15, 0.2) is 5.69 Å². The van der Waals surface area contributed by atoms with Crippen molar-refractivity contribution >= 4 is 49.3 Å². The van der Waals surface area contributed by atoms with Crippen LogP contribution < -0.4 is 0 Å². The quantitative estimate of drug-likeness (QED) is 0.147. The van der Waals surface area contributed by atoms with Crippen LogP contribution in [0.4, 0.5) is 18.9 Å². The molecule has 0 amide bonds. The zero-order valence-corrected chi connectivity index (χ0v) is 44.7. The van der Waals surface area contributed by atoms with Crippen molar-refractivity contribution in [2.24, 2.45) is 0 Å². The number of aryl methyl sites for hydroxylation is 8. The number of aromatic nitrogens is 2. The molecule has 0 radical (unpaired) electrons. The van der Waals surface area contributed by atoms with E-state index in [9.17, 15) is 5.26 Å². The fraction of sp³-hybridized carbons (Fsp3) is 0.127. The van der Waals surface area contributed by atoms with Gasteiger partial charge < -0.3 is 9.13 Å². The molecule has 7 heteroatoms. The second-order valence-corrected chi connectivity index (χ2v) is 21.2. The molecule has 12 aromatic rings. The van der Waals surface area contributed by atoms with Crippen LogP contribution in [0.1, 0.15) is 55.6 Å². The van der Waals surface area contributed by atoms with Crippen LogP contribution in [0.2, 0.25) is 0 Å². The van der Waals surface area contributed by atoms with Gasteiger partial charge >= 0.3 is 6.18 Å². The number of nitrogens with zero attached hydrogens (tertiary/aromatic N) is 4. The van der Waals surface area contributed by atoms with Crippen molar-refractivity contribution in [2.45, 2.75) is 61.6 Å². The summed E-state index contributed by atoms with van der Waals surface area (Å²) in [6.45, 7) is 25.6. The molecule has 12 rings (SSSR count). The highest BCUT2D eigenvalue weighted by Crippen LogP contribution is 2.48. The molecular weight excluding hydrogens is 966 g/mol. The molecule has 0 saturated carbocycles. The molecule has 0 fully saturated rings. The van der Waals surface area contributed by atoms with Gasteiger partial charge in [0.25, 0.3) is 0 Å². The number of halogens is 3. The van der Waals surface area contributed by atoms with Gasteiger partial charge in [-0.3, -0.25) is 0 Å². The fourth-order valence-electron chi connectivity index (χ4n) is 12.1. The van der Waals surface area contributed by atoms with Gasteiger partial charge in [-0.05, 0) is 206 Å². The lowest BCUT2D eigenvalue weighted by atomic mass is 9.94. The Bertz CT molecular complexity index is 4390. The zero-order chi connectivity index (χ0) is 54.5. The molecule has 2 heterocycles. The van der Waals surface area contributed by atoms with Gasteiger partial charge in [0, 0.05) is 21.5 Å². The first-order valence-electron chi connectivity index (χ1n) is 26.1. The van der Waals surface area contributed by atoms with E-state index in [4.69, 9.17) is 6.57 Å². The third-order valence-electron chi connectivity index (χ3n) is 15.7. The molecule has 2 aromatic heterocycles. The Hall–Kier alpha value is -9.43. The Kier molecular flexibility index (Phi) is 11.8. The van der Waals surface area contributed by atoms with Crippen LogP contribution in [0.25, 0.3) is 115 Å². The SMILES string of the molecule is [C-]#[N+]c1cc(-n2c3ccc(-c4ccc(C)cc4C)cc3c3cc(-c4ccc(C)cc4C)ccc32)c(-n2c3ccc(-c4ccc(C)cc4C)cc3c3cc(-c4ccc(C)cc4C)ccc32)cc1-c1ccc(C#N)cc1C(F)(F)F. The molecule has 0 spiro atoms. The van der Waals surface area contributed by atoms with E-state index in [0.29, 0.717) is 11.4 Å². The number of fused-ring (bicyclic) bond motifs is 6. The van der Waals surface area contributed by atoms with Gasteiger partial charge in [0.05, 0.1) is 57.2 Å². The van der Waals surface area contributed by atoms with Crippen LogP contribution in [-0.4, -0.2) is 9.13 Å². The topological polar surface area (TPSA) is 38.0 Å². The van der Waals surface area contributed by atoms with E-state index >= 15 is 13.2 Å². The summed E-state index contributed by atoms with van der Waals surface area (Å²) in [5.41, 5.74) is 21.3. The zero-order valence-electron chi connectivity index (χ0n) is 44.7. The van der Waals surface area contributed by atoms with Crippen molar-refractivity contribution < 1.29 is 13.2 Å². The summed E-state index contributed by atoms with van der Waals surface area (Å²) < 4.78 is 50.5. The van der Waals surface area contributed by atoms with Crippen LogP contribution in [0.3, 0.4) is 0 Å². The standard InChI is InChI=1S/C71H53F3N4/c1-40-10-19-53(44(5)28-40)49-15-24-65-59(33-49)60-34-50(54-20-11-41(2)29-45(54)6)16-25-66(60)77(65)69-37-58(57-23-14-48(39-75)32-63(57)71(72,73)74)64(76-9)38-70(69)78-67-26-17-51(55-21-12-42(3)30-46(55)7)35-61(67)62-36-52(18-27-68(62)78)56-22-13-43(4)31-47(56)8/h10-38H,1-8H3. The van der Waals surface area contributed by atoms with Crippen molar-refractivity contribution in [2.75, 3.05) is 0 Å². The van der Waals surface area contributed by atoms with Gasteiger partial charge in [-0.1, -0.05) is 125 Å². The molecule has 0 bridgehead atoms. The number of rotatable bonds is 7. The molecule has 0 aliphatic rings. The first-order valence-corrected chi connectivity index (χ1v) is 26.1. The second kappa shape index (κ2) is 18.7. The van der Waals surface area contributed by atoms with Crippen molar-refractivity contribution in [3.05, 3.63) is 243 Å². The number of hydrogen-bond acceptors (Lipinski definition) is 1. The minimum absolute atomic E-state index is 0.0350. The highest BCUT2D eigenvalue weighted by molar-refractivity contribution is 6.14. The maximum atomic E-state index is 15.4. The maximum absolute atomic E-state index is 15.4. The summed E-state index contributed by atoms with van der Waals surface area (Å²) in [5, 5.41) is 13.7. The van der Waals surface area contributed by atoms with Crippen LogP contribution in [-0.2, 0) is 6.18 Å². The Labute approximate surface area is 452 Å². The van der Waals surface area contributed by atoms with E-state index in [1.54, 1.807) is 12.1 Å². The average Bonchev–Trinajstić information content (AvgIpc) is 4.13. The molecule has 10 aromatic carbocycles. The van der Waals surface area contributed by atoms with Crippen LogP contribution in [0, 0.1) is 73.3 Å². The fourth-order valence-corrected chi connectivity index (χ4v) is 12.1. The molecule has 0 saturated heterocycles. The smallest absolute Gasteiger partial charge is 0.308 e. The van der Waals surface area contributed by atoms with E-state index in [-0.39, 0.29) is 22.4 Å². The van der Waals surface area contributed by atoms with Crippen LogP contribution in [0.15, 0.2) is 176 Å². The second-order valence-electron chi connectivity index (χ2n) is 21.2. The molecule has 378 valence electrons. The average molecular weight is 1020 g/mol.